The Balaban J connectivity index is 0.000000427. The summed E-state index contributed by atoms with van der Waals surface area (Å²) in [6, 6.07) is 13.8. The van der Waals surface area contributed by atoms with Crippen molar-refractivity contribution >= 4 is 0 Å². The van der Waals surface area contributed by atoms with Crippen molar-refractivity contribution in [3.05, 3.63) is 53.1 Å². The first-order chi connectivity index (χ1) is 15.2. The molecule has 0 bridgehead atoms. The van der Waals surface area contributed by atoms with E-state index in [0.29, 0.717) is 35.1 Å². The van der Waals surface area contributed by atoms with Gasteiger partial charge in [0.05, 0.1) is 17.3 Å². The SMILES string of the molecule is CC(C)(O)CN.CC(C)Oc1ccc(-c2nc(-c3cccc4c3CCC4)no2)cc1C#N. The summed E-state index contributed by atoms with van der Waals surface area (Å²) in [4.78, 5) is 4.57. The molecule has 0 radical (unpaired) electrons. The molecule has 0 fully saturated rings. The number of nitrogens with zero attached hydrogens (tertiary/aromatic N) is 3. The van der Waals surface area contributed by atoms with E-state index in [9.17, 15) is 5.26 Å². The van der Waals surface area contributed by atoms with Crippen LogP contribution in [0.25, 0.3) is 22.8 Å². The Bertz CT molecular complexity index is 1110. The number of rotatable bonds is 5. The molecule has 1 aromatic heterocycles. The van der Waals surface area contributed by atoms with Gasteiger partial charge in [0.25, 0.3) is 5.89 Å². The first-order valence-corrected chi connectivity index (χ1v) is 10.8. The third-order valence-electron chi connectivity index (χ3n) is 5.02. The fourth-order valence-electron chi connectivity index (χ4n) is 3.39. The molecule has 0 saturated heterocycles. The highest BCUT2D eigenvalue weighted by Gasteiger charge is 2.20. The summed E-state index contributed by atoms with van der Waals surface area (Å²) < 4.78 is 11.1. The van der Waals surface area contributed by atoms with Crippen molar-refractivity contribution < 1.29 is 14.4 Å². The average molecular weight is 435 g/mol. The molecule has 0 atom stereocenters. The molecular weight excluding hydrogens is 404 g/mol. The molecule has 4 rings (SSSR count). The minimum atomic E-state index is -0.681. The number of ether oxygens (including phenoxy) is 1. The lowest BCUT2D eigenvalue weighted by Crippen LogP contribution is -2.29. The Morgan fingerprint density at radius 2 is 2.00 bits per heavy atom. The van der Waals surface area contributed by atoms with Gasteiger partial charge in [0, 0.05) is 17.7 Å². The zero-order valence-electron chi connectivity index (χ0n) is 19.1. The minimum absolute atomic E-state index is 0.00290. The summed E-state index contributed by atoms with van der Waals surface area (Å²) in [5.41, 5.74) is 9.27. The predicted octanol–water partition coefficient (Wildman–Crippen LogP) is 4.27. The molecule has 7 heteroatoms. The van der Waals surface area contributed by atoms with Crippen LogP contribution in [0.4, 0.5) is 0 Å². The van der Waals surface area contributed by atoms with Crippen LogP contribution in [0.3, 0.4) is 0 Å². The number of hydrogen-bond acceptors (Lipinski definition) is 7. The van der Waals surface area contributed by atoms with Crippen molar-refractivity contribution in [1.82, 2.24) is 10.1 Å². The molecule has 3 N–H and O–H groups in total. The second-order valence-electron chi connectivity index (χ2n) is 8.73. The molecule has 0 unspecified atom stereocenters. The number of nitriles is 1. The standard InChI is InChI=1S/C21H19N3O2.C4H11NO/c1-13(2)25-19-10-9-15(11-16(19)12-22)21-23-20(24-26-21)18-8-4-6-14-5-3-7-17(14)18;1-4(2,6)3-5/h4,6,8-11,13H,3,5,7H2,1-2H3;6H,3,5H2,1-2H3. The van der Waals surface area contributed by atoms with Gasteiger partial charge < -0.3 is 20.1 Å². The number of benzene rings is 2. The van der Waals surface area contributed by atoms with Gasteiger partial charge in [-0.05, 0) is 76.3 Å². The van der Waals surface area contributed by atoms with Gasteiger partial charge in [-0.3, -0.25) is 0 Å². The van der Waals surface area contributed by atoms with Gasteiger partial charge in [0.2, 0.25) is 5.82 Å². The third kappa shape index (κ3) is 5.72. The summed E-state index contributed by atoms with van der Waals surface area (Å²) in [5.74, 6) is 1.56. The van der Waals surface area contributed by atoms with Gasteiger partial charge in [-0.15, -0.1) is 0 Å². The van der Waals surface area contributed by atoms with Crippen molar-refractivity contribution in [3.63, 3.8) is 0 Å². The number of aryl methyl sites for hydroxylation is 1. The van der Waals surface area contributed by atoms with Gasteiger partial charge in [-0.1, -0.05) is 23.4 Å². The molecule has 0 spiro atoms. The maximum absolute atomic E-state index is 9.40. The summed E-state index contributed by atoms with van der Waals surface area (Å²) in [7, 11) is 0. The average Bonchev–Trinajstić information content (AvgIpc) is 3.43. The maximum Gasteiger partial charge on any atom is 0.258 e. The van der Waals surface area contributed by atoms with E-state index in [-0.39, 0.29) is 6.10 Å². The maximum atomic E-state index is 9.40. The van der Waals surface area contributed by atoms with Crippen molar-refractivity contribution in [2.75, 3.05) is 6.54 Å². The van der Waals surface area contributed by atoms with E-state index in [0.717, 1.165) is 18.4 Å². The van der Waals surface area contributed by atoms with Gasteiger partial charge >= 0.3 is 0 Å². The molecule has 2 aromatic carbocycles. The molecule has 0 amide bonds. The van der Waals surface area contributed by atoms with E-state index in [1.807, 2.05) is 32.0 Å². The van der Waals surface area contributed by atoms with Crippen LogP contribution >= 0.6 is 0 Å². The van der Waals surface area contributed by atoms with E-state index in [1.165, 1.54) is 17.5 Å². The van der Waals surface area contributed by atoms with Crippen LogP contribution in [0, 0.1) is 11.3 Å². The molecule has 1 aliphatic rings. The number of aliphatic hydroxyl groups is 1. The molecule has 3 aromatic rings. The summed E-state index contributed by atoms with van der Waals surface area (Å²) in [6.45, 7) is 7.53. The lowest BCUT2D eigenvalue weighted by molar-refractivity contribution is 0.0898. The molecule has 0 saturated carbocycles. The molecule has 32 heavy (non-hydrogen) atoms. The minimum Gasteiger partial charge on any atom is -0.490 e. The molecule has 7 nitrogen and oxygen atoms in total. The van der Waals surface area contributed by atoms with Crippen LogP contribution in [0.1, 0.15) is 50.8 Å². The highest BCUT2D eigenvalue weighted by molar-refractivity contribution is 5.66. The highest BCUT2D eigenvalue weighted by atomic mass is 16.5. The molecule has 1 heterocycles. The van der Waals surface area contributed by atoms with Crippen LogP contribution < -0.4 is 10.5 Å². The fourth-order valence-corrected chi connectivity index (χ4v) is 3.39. The molecule has 1 aliphatic carbocycles. The predicted molar refractivity (Wildman–Crippen MR) is 123 cm³/mol. The van der Waals surface area contributed by atoms with Crippen molar-refractivity contribution in [2.24, 2.45) is 5.73 Å². The van der Waals surface area contributed by atoms with E-state index in [2.05, 4.69) is 22.3 Å². The topological polar surface area (TPSA) is 118 Å². The van der Waals surface area contributed by atoms with Gasteiger partial charge in [0.15, 0.2) is 0 Å². The zero-order valence-corrected chi connectivity index (χ0v) is 19.1. The van der Waals surface area contributed by atoms with Crippen LogP contribution in [0.15, 0.2) is 40.9 Å². The largest absolute Gasteiger partial charge is 0.490 e. The van der Waals surface area contributed by atoms with Crippen molar-refractivity contribution in [1.29, 1.82) is 5.26 Å². The molecule has 0 aliphatic heterocycles. The van der Waals surface area contributed by atoms with Gasteiger partial charge in [0.1, 0.15) is 11.8 Å². The van der Waals surface area contributed by atoms with Crippen LogP contribution in [0.5, 0.6) is 5.75 Å². The van der Waals surface area contributed by atoms with Gasteiger partial charge in [-0.25, -0.2) is 0 Å². The van der Waals surface area contributed by atoms with E-state index in [4.69, 9.17) is 20.1 Å². The summed E-state index contributed by atoms with van der Waals surface area (Å²) in [6.07, 6.45) is 3.33. The summed E-state index contributed by atoms with van der Waals surface area (Å²) >= 11 is 0. The Labute approximate surface area is 188 Å². The first kappa shape index (κ1) is 23.5. The lowest BCUT2D eigenvalue weighted by atomic mass is 10.0. The van der Waals surface area contributed by atoms with Crippen molar-refractivity contribution in [3.8, 4) is 34.7 Å². The first-order valence-electron chi connectivity index (χ1n) is 10.8. The smallest absolute Gasteiger partial charge is 0.258 e. The monoisotopic (exact) mass is 434 g/mol. The van der Waals surface area contributed by atoms with E-state index < -0.39 is 5.60 Å². The van der Waals surface area contributed by atoms with E-state index >= 15 is 0 Å². The zero-order chi connectivity index (χ0) is 23.3. The second kappa shape index (κ2) is 9.94. The quantitative estimate of drug-likeness (QED) is 0.615. The molecular formula is C25H30N4O3. The highest BCUT2D eigenvalue weighted by Crippen LogP contribution is 2.32. The number of aromatic nitrogens is 2. The van der Waals surface area contributed by atoms with Crippen LogP contribution in [-0.2, 0) is 12.8 Å². The number of nitrogens with two attached hydrogens (primary N) is 1. The number of fused-ring (bicyclic) bond motifs is 1. The van der Waals surface area contributed by atoms with E-state index in [1.54, 1.807) is 26.0 Å². The van der Waals surface area contributed by atoms with Crippen molar-refractivity contribution in [2.45, 2.75) is 58.7 Å². The van der Waals surface area contributed by atoms with Gasteiger partial charge in [-0.2, -0.15) is 10.2 Å². The Kier molecular flexibility index (Phi) is 7.29. The third-order valence-corrected chi connectivity index (χ3v) is 5.02. The second-order valence-corrected chi connectivity index (χ2v) is 8.73. The number of hydrogen-bond donors (Lipinski definition) is 2. The van der Waals surface area contributed by atoms with Crippen LogP contribution in [-0.4, -0.2) is 33.5 Å². The summed E-state index contributed by atoms with van der Waals surface area (Å²) in [5, 5.41) is 22.3. The normalized spacial score (nSPS) is 12.7. The Morgan fingerprint density at radius 1 is 1.25 bits per heavy atom. The fraction of sp³-hybridized carbons (Fsp3) is 0.400. The Morgan fingerprint density at radius 3 is 2.66 bits per heavy atom. The Hall–Kier alpha value is -3.21. The van der Waals surface area contributed by atoms with Crippen LogP contribution in [0.2, 0.25) is 0 Å². The molecule has 168 valence electrons. The lowest BCUT2D eigenvalue weighted by Gasteiger charge is -2.11.